The van der Waals surface area contributed by atoms with Gasteiger partial charge in [-0.2, -0.15) is 4.80 Å². The lowest BCUT2D eigenvalue weighted by Gasteiger charge is -2.40. The fourth-order valence-electron chi connectivity index (χ4n) is 4.70. The minimum Gasteiger partial charge on any atom is -0.392 e. The minimum absolute atomic E-state index is 0.235. The molecule has 4 aromatic rings. The van der Waals surface area contributed by atoms with Crippen LogP contribution >= 0.6 is 0 Å². The molecule has 0 amide bonds. The van der Waals surface area contributed by atoms with E-state index in [1.807, 2.05) is 30.3 Å². The van der Waals surface area contributed by atoms with E-state index in [9.17, 15) is 5.11 Å². The summed E-state index contributed by atoms with van der Waals surface area (Å²) in [6.07, 6.45) is -0.530. The Morgan fingerprint density at radius 1 is 0.667 bits per heavy atom. The Morgan fingerprint density at radius 3 is 1.73 bits per heavy atom. The maximum atomic E-state index is 11.3. The second-order valence-electron chi connectivity index (χ2n) is 11.2. The van der Waals surface area contributed by atoms with E-state index >= 15 is 0 Å². The van der Waals surface area contributed by atoms with Crippen molar-refractivity contribution in [2.24, 2.45) is 5.41 Å². The van der Waals surface area contributed by atoms with Gasteiger partial charge in [0.2, 0.25) is 0 Å². The van der Waals surface area contributed by atoms with Crippen LogP contribution in [0, 0.1) is 5.41 Å². The molecule has 1 unspecified atom stereocenters. The zero-order valence-electron chi connectivity index (χ0n) is 20.8. The zero-order chi connectivity index (χ0) is 24.0. The van der Waals surface area contributed by atoms with Gasteiger partial charge in [-0.1, -0.05) is 97.0 Å². The number of aliphatic hydroxyl groups is 1. The van der Waals surface area contributed by atoms with Gasteiger partial charge in [-0.15, -0.1) is 10.2 Å². The van der Waals surface area contributed by atoms with Crippen LogP contribution in [0.2, 0.25) is 0 Å². The lowest BCUT2D eigenvalue weighted by molar-refractivity contribution is 0.00540. The lowest BCUT2D eigenvalue weighted by atomic mass is 9.68. The summed E-state index contributed by atoms with van der Waals surface area (Å²) in [7, 11) is 0. The normalized spacial score (nSPS) is 13.9. The third kappa shape index (κ3) is 4.32. The van der Waals surface area contributed by atoms with Crippen LogP contribution in [0.25, 0.3) is 16.7 Å². The van der Waals surface area contributed by atoms with Gasteiger partial charge in [-0.25, -0.2) is 0 Å². The van der Waals surface area contributed by atoms with E-state index in [4.69, 9.17) is 10.2 Å². The summed E-state index contributed by atoms with van der Waals surface area (Å²) in [6.45, 7) is 15.0. The standard InChI is InChI=1S/C29H35N3O/c1-27(2,3)26(33)29(6,7)22-17-21(28(4,5)20-13-9-8-10-14-20)18-23(19-22)32-30-24-15-11-12-16-25(24)31-32/h8-19,26,33H,1-7H3. The second-order valence-corrected chi connectivity index (χ2v) is 11.2. The van der Waals surface area contributed by atoms with Crippen molar-refractivity contribution in [1.29, 1.82) is 0 Å². The number of aliphatic hydroxyl groups excluding tert-OH is 1. The molecule has 4 nitrogen and oxygen atoms in total. The first-order valence-corrected chi connectivity index (χ1v) is 11.6. The van der Waals surface area contributed by atoms with Gasteiger partial charge in [0.1, 0.15) is 11.0 Å². The third-order valence-electron chi connectivity index (χ3n) is 6.90. The van der Waals surface area contributed by atoms with Crippen LogP contribution in [0.3, 0.4) is 0 Å². The Balaban J connectivity index is 1.93. The Bertz CT molecular complexity index is 1230. The lowest BCUT2D eigenvalue weighted by Crippen LogP contribution is -2.43. The largest absolute Gasteiger partial charge is 0.392 e. The van der Waals surface area contributed by atoms with Crippen molar-refractivity contribution in [3.63, 3.8) is 0 Å². The number of hydrogen-bond acceptors (Lipinski definition) is 3. The number of nitrogens with zero attached hydrogens (tertiary/aromatic N) is 3. The molecule has 4 rings (SSSR count). The molecule has 1 heterocycles. The highest BCUT2D eigenvalue weighted by atomic mass is 16.3. The first-order chi connectivity index (χ1) is 15.4. The number of fused-ring (bicyclic) bond motifs is 1. The van der Waals surface area contributed by atoms with Crippen LogP contribution in [0.5, 0.6) is 0 Å². The number of hydrogen-bond donors (Lipinski definition) is 1. The Morgan fingerprint density at radius 2 is 1.18 bits per heavy atom. The molecule has 0 aliphatic carbocycles. The van der Waals surface area contributed by atoms with Crippen molar-refractivity contribution >= 4 is 11.0 Å². The minimum atomic E-state index is -0.530. The van der Waals surface area contributed by atoms with Gasteiger partial charge in [0.15, 0.2) is 0 Å². The summed E-state index contributed by atoms with van der Waals surface area (Å²) in [4.78, 5) is 1.72. The highest BCUT2D eigenvalue weighted by Gasteiger charge is 2.39. The highest BCUT2D eigenvalue weighted by Crippen LogP contribution is 2.40. The van der Waals surface area contributed by atoms with Crippen molar-refractivity contribution in [3.05, 3.63) is 89.5 Å². The average molecular weight is 442 g/mol. The highest BCUT2D eigenvalue weighted by molar-refractivity contribution is 5.73. The molecule has 0 aliphatic heterocycles. The Kier molecular flexibility index (Phi) is 5.69. The number of benzene rings is 3. The molecule has 0 aliphatic rings. The third-order valence-corrected chi connectivity index (χ3v) is 6.90. The van der Waals surface area contributed by atoms with Crippen molar-refractivity contribution in [3.8, 4) is 5.69 Å². The first kappa shape index (κ1) is 23.2. The summed E-state index contributed by atoms with van der Waals surface area (Å²) < 4.78 is 0. The number of rotatable bonds is 5. The van der Waals surface area contributed by atoms with Crippen molar-refractivity contribution < 1.29 is 5.11 Å². The fourth-order valence-corrected chi connectivity index (χ4v) is 4.70. The zero-order valence-corrected chi connectivity index (χ0v) is 20.8. The van der Waals surface area contributed by atoms with E-state index in [0.717, 1.165) is 27.8 Å². The van der Waals surface area contributed by atoms with Gasteiger partial charge in [0.05, 0.1) is 11.8 Å². The van der Waals surface area contributed by atoms with Crippen LogP contribution in [0.4, 0.5) is 0 Å². The molecule has 1 N–H and O–H groups in total. The van der Waals surface area contributed by atoms with Gasteiger partial charge in [-0.3, -0.25) is 0 Å². The fraction of sp³-hybridized carbons (Fsp3) is 0.379. The molecule has 0 saturated carbocycles. The summed E-state index contributed by atoms with van der Waals surface area (Å²) >= 11 is 0. The average Bonchev–Trinajstić information content (AvgIpc) is 3.22. The Labute approximate surface area is 197 Å². The Hall–Kier alpha value is -2.98. The van der Waals surface area contributed by atoms with E-state index in [1.165, 1.54) is 5.56 Å². The molecule has 33 heavy (non-hydrogen) atoms. The van der Waals surface area contributed by atoms with Gasteiger partial charge in [0, 0.05) is 10.8 Å². The predicted molar refractivity (Wildman–Crippen MR) is 136 cm³/mol. The van der Waals surface area contributed by atoms with Crippen LogP contribution < -0.4 is 0 Å². The van der Waals surface area contributed by atoms with E-state index < -0.39 is 11.5 Å². The van der Waals surface area contributed by atoms with Gasteiger partial charge >= 0.3 is 0 Å². The van der Waals surface area contributed by atoms with Crippen LogP contribution in [0.1, 0.15) is 65.2 Å². The molecule has 0 fully saturated rings. The van der Waals surface area contributed by atoms with Crippen LogP contribution in [-0.2, 0) is 10.8 Å². The molecular weight excluding hydrogens is 406 g/mol. The quantitative estimate of drug-likeness (QED) is 0.388. The SMILES string of the molecule is CC(C)(c1ccccc1)c1cc(-n2nc3ccccc3n2)cc(C(C)(C)C(O)C(C)(C)C)c1. The molecule has 3 aromatic carbocycles. The molecule has 0 spiro atoms. The van der Waals surface area contributed by atoms with Gasteiger partial charge < -0.3 is 5.11 Å². The van der Waals surface area contributed by atoms with Crippen molar-refractivity contribution in [2.45, 2.75) is 65.4 Å². The topological polar surface area (TPSA) is 50.9 Å². The molecule has 172 valence electrons. The summed E-state index contributed by atoms with van der Waals surface area (Å²) in [5.41, 5.74) is 5.13. The van der Waals surface area contributed by atoms with E-state index in [1.54, 1.807) is 4.80 Å². The van der Waals surface area contributed by atoms with E-state index in [-0.39, 0.29) is 10.8 Å². The summed E-state index contributed by atoms with van der Waals surface area (Å²) in [5.74, 6) is 0. The monoisotopic (exact) mass is 441 g/mol. The molecule has 1 atom stereocenters. The van der Waals surface area contributed by atoms with Crippen molar-refractivity contribution in [1.82, 2.24) is 15.0 Å². The van der Waals surface area contributed by atoms with Gasteiger partial charge in [-0.05, 0) is 46.4 Å². The number of aromatic nitrogens is 3. The molecule has 0 bridgehead atoms. The van der Waals surface area contributed by atoms with E-state index in [2.05, 4.69) is 90.9 Å². The maximum Gasteiger partial charge on any atom is 0.113 e. The molecule has 4 heteroatoms. The molecule has 0 radical (unpaired) electrons. The van der Waals surface area contributed by atoms with E-state index in [0.29, 0.717) is 0 Å². The molecule has 1 aromatic heterocycles. The first-order valence-electron chi connectivity index (χ1n) is 11.6. The smallest absolute Gasteiger partial charge is 0.113 e. The second kappa shape index (κ2) is 8.11. The summed E-state index contributed by atoms with van der Waals surface area (Å²) in [6, 6.07) is 25.0. The summed E-state index contributed by atoms with van der Waals surface area (Å²) in [5, 5.41) is 20.8. The maximum absolute atomic E-state index is 11.3. The predicted octanol–water partition coefficient (Wildman–Crippen LogP) is 6.43. The van der Waals surface area contributed by atoms with Crippen LogP contribution in [-0.4, -0.2) is 26.2 Å². The molecule has 0 saturated heterocycles. The van der Waals surface area contributed by atoms with Crippen LogP contribution in [0.15, 0.2) is 72.8 Å². The van der Waals surface area contributed by atoms with Gasteiger partial charge in [0.25, 0.3) is 0 Å². The molecular formula is C29H35N3O. The van der Waals surface area contributed by atoms with Crippen molar-refractivity contribution in [2.75, 3.05) is 0 Å².